The number of nitrogens with zero attached hydrogens (tertiary/aromatic N) is 2. The molecule has 24 heavy (non-hydrogen) atoms. The lowest BCUT2D eigenvalue weighted by Gasteiger charge is -2.43. The van der Waals surface area contributed by atoms with E-state index in [1.165, 1.54) is 17.9 Å². The van der Waals surface area contributed by atoms with Crippen LogP contribution < -0.4 is 10.6 Å². The van der Waals surface area contributed by atoms with Crippen LogP contribution in [0.25, 0.3) is 0 Å². The van der Waals surface area contributed by atoms with Crippen LogP contribution in [0.4, 0.5) is 0 Å². The molecule has 0 aromatic rings. The summed E-state index contributed by atoms with van der Waals surface area (Å²) in [5.74, 6) is 3.37. The number of hydrogen-bond donors (Lipinski definition) is 2. The van der Waals surface area contributed by atoms with E-state index in [2.05, 4.69) is 32.3 Å². The molecule has 0 amide bonds. The molecular weight excluding hydrogens is 324 g/mol. The Morgan fingerprint density at radius 2 is 2.12 bits per heavy atom. The molecule has 6 nitrogen and oxygen atoms in total. The molecule has 0 aliphatic carbocycles. The number of guanidine groups is 1. The van der Waals surface area contributed by atoms with Crippen molar-refractivity contribution in [2.24, 2.45) is 4.99 Å². The predicted molar refractivity (Wildman–Crippen MR) is 102 cm³/mol. The standard InChI is InChI=1S/C17H34N4O2S/c1-3-22-10-5-4-7-19-16(18-2)20-14-17(6-13-24-15-17)21-8-11-23-12-9-21/h3-15H2,1-2H3,(H2,18,19,20). The summed E-state index contributed by atoms with van der Waals surface area (Å²) in [4.78, 5) is 7.00. The highest BCUT2D eigenvalue weighted by Crippen LogP contribution is 2.33. The summed E-state index contributed by atoms with van der Waals surface area (Å²) in [7, 11) is 1.85. The summed E-state index contributed by atoms with van der Waals surface area (Å²) >= 11 is 2.07. The molecule has 0 bridgehead atoms. The van der Waals surface area contributed by atoms with Crippen molar-refractivity contribution in [3.63, 3.8) is 0 Å². The van der Waals surface area contributed by atoms with Gasteiger partial charge in [-0.2, -0.15) is 11.8 Å². The van der Waals surface area contributed by atoms with E-state index in [0.717, 1.165) is 71.4 Å². The maximum atomic E-state index is 5.53. The van der Waals surface area contributed by atoms with Gasteiger partial charge in [0.15, 0.2) is 5.96 Å². The molecule has 140 valence electrons. The molecule has 1 unspecified atom stereocenters. The molecule has 2 aliphatic rings. The molecule has 0 aromatic carbocycles. The Labute approximate surface area is 151 Å². The van der Waals surface area contributed by atoms with Crippen molar-refractivity contribution in [2.45, 2.75) is 31.7 Å². The number of ether oxygens (including phenoxy) is 2. The fourth-order valence-electron chi connectivity index (χ4n) is 3.28. The first-order chi connectivity index (χ1) is 11.8. The van der Waals surface area contributed by atoms with Crippen LogP contribution in [0.2, 0.25) is 0 Å². The van der Waals surface area contributed by atoms with Crippen molar-refractivity contribution in [2.75, 3.05) is 71.2 Å². The molecule has 0 spiro atoms. The Balaban J connectivity index is 1.73. The van der Waals surface area contributed by atoms with Gasteiger partial charge >= 0.3 is 0 Å². The number of unbranched alkanes of at least 4 members (excludes halogenated alkanes) is 1. The number of hydrogen-bond acceptors (Lipinski definition) is 5. The van der Waals surface area contributed by atoms with Crippen LogP contribution in [0.1, 0.15) is 26.2 Å². The summed E-state index contributed by atoms with van der Waals surface area (Å²) in [6, 6.07) is 0. The van der Waals surface area contributed by atoms with Gasteiger partial charge in [0.1, 0.15) is 0 Å². The zero-order valence-electron chi connectivity index (χ0n) is 15.3. The Kier molecular flexibility index (Phi) is 9.23. The molecule has 0 aromatic heterocycles. The van der Waals surface area contributed by atoms with E-state index in [4.69, 9.17) is 9.47 Å². The highest BCUT2D eigenvalue weighted by molar-refractivity contribution is 7.99. The average Bonchev–Trinajstić information content (AvgIpc) is 3.11. The van der Waals surface area contributed by atoms with E-state index in [-0.39, 0.29) is 5.54 Å². The van der Waals surface area contributed by atoms with Gasteiger partial charge in [-0.3, -0.25) is 9.89 Å². The molecule has 2 saturated heterocycles. The number of nitrogens with one attached hydrogen (secondary N) is 2. The van der Waals surface area contributed by atoms with Crippen LogP contribution in [0.15, 0.2) is 4.99 Å². The molecular formula is C17H34N4O2S. The highest BCUT2D eigenvalue weighted by atomic mass is 32.2. The van der Waals surface area contributed by atoms with Crippen molar-refractivity contribution in [1.29, 1.82) is 0 Å². The third-order valence-electron chi connectivity index (χ3n) is 4.78. The van der Waals surface area contributed by atoms with Crippen molar-refractivity contribution >= 4 is 17.7 Å². The predicted octanol–water partition coefficient (Wildman–Crippen LogP) is 1.18. The summed E-state index contributed by atoms with van der Waals surface area (Å²) in [5, 5.41) is 6.99. The Bertz CT molecular complexity index is 370. The van der Waals surface area contributed by atoms with Crippen LogP contribution >= 0.6 is 11.8 Å². The number of thioether (sulfide) groups is 1. The Morgan fingerprint density at radius 3 is 2.79 bits per heavy atom. The van der Waals surface area contributed by atoms with Crippen LogP contribution in [-0.4, -0.2) is 87.6 Å². The van der Waals surface area contributed by atoms with Gasteiger partial charge in [-0.1, -0.05) is 0 Å². The number of morpholine rings is 1. The van der Waals surface area contributed by atoms with Gasteiger partial charge in [-0.25, -0.2) is 0 Å². The lowest BCUT2D eigenvalue weighted by atomic mass is 9.95. The minimum absolute atomic E-state index is 0.251. The molecule has 0 radical (unpaired) electrons. The molecule has 2 aliphatic heterocycles. The fraction of sp³-hybridized carbons (Fsp3) is 0.941. The molecule has 7 heteroatoms. The molecule has 1 atom stereocenters. The third-order valence-corrected chi connectivity index (χ3v) is 6.02. The summed E-state index contributed by atoms with van der Waals surface area (Å²) < 4.78 is 10.9. The van der Waals surface area contributed by atoms with Crippen molar-refractivity contribution in [3.05, 3.63) is 0 Å². The van der Waals surface area contributed by atoms with Gasteiger partial charge in [-0.05, 0) is 31.9 Å². The Morgan fingerprint density at radius 1 is 1.29 bits per heavy atom. The van der Waals surface area contributed by atoms with E-state index < -0.39 is 0 Å². The second kappa shape index (κ2) is 11.2. The van der Waals surface area contributed by atoms with Crippen molar-refractivity contribution < 1.29 is 9.47 Å². The number of rotatable bonds is 9. The van der Waals surface area contributed by atoms with Crippen LogP contribution in [-0.2, 0) is 9.47 Å². The van der Waals surface area contributed by atoms with E-state index in [1.54, 1.807) is 0 Å². The monoisotopic (exact) mass is 358 g/mol. The van der Waals surface area contributed by atoms with Gasteiger partial charge < -0.3 is 20.1 Å². The summed E-state index contributed by atoms with van der Waals surface area (Å²) in [5.41, 5.74) is 0.251. The molecule has 2 N–H and O–H groups in total. The third kappa shape index (κ3) is 6.10. The highest BCUT2D eigenvalue weighted by Gasteiger charge is 2.40. The lowest BCUT2D eigenvalue weighted by molar-refractivity contribution is -0.0120. The molecule has 2 rings (SSSR count). The van der Waals surface area contributed by atoms with Crippen molar-refractivity contribution in [1.82, 2.24) is 15.5 Å². The first-order valence-electron chi connectivity index (χ1n) is 9.23. The fourth-order valence-corrected chi connectivity index (χ4v) is 4.76. The minimum Gasteiger partial charge on any atom is -0.382 e. The van der Waals surface area contributed by atoms with Crippen LogP contribution in [0.3, 0.4) is 0 Å². The van der Waals surface area contributed by atoms with Gasteiger partial charge in [0.25, 0.3) is 0 Å². The van der Waals surface area contributed by atoms with Crippen molar-refractivity contribution in [3.8, 4) is 0 Å². The Hall–Kier alpha value is -0.500. The second-order valence-corrected chi connectivity index (χ2v) is 7.49. The zero-order valence-corrected chi connectivity index (χ0v) is 16.1. The van der Waals surface area contributed by atoms with E-state index in [1.807, 2.05) is 14.0 Å². The minimum atomic E-state index is 0.251. The maximum absolute atomic E-state index is 5.53. The average molecular weight is 359 g/mol. The van der Waals surface area contributed by atoms with Gasteiger partial charge in [-0.15, -0.1) is 0 Å². The second-order valence-electron chi connectivity index (χ2n) is 6.38. The molecule has 2 heterocycles. The first-order valence-corrected chi connectivity index (χ1v) is 10.4. The van der Waals surface area contributed by atoms with Crippen LogP contribution in [0.5, 0.6) is 0 Å². The van der Waals surface area contributed by atoms with E-state index in [9.17, 15) is 0 Å². The quantitative estimate of drug-likeness (QED) is 0.367. The smallest absolute Gasteiger partial charge is 0.191 e. The topological polar surface area (TPSA) is 58.1 Å². The van der Waals surface area contributed by atoms with E-state index in [0.29, 0.717) is 0 Å². The van der Waals surface area contributed by atoms with Gasteiger partial charge in [0.2, 0.25) is 0 Å². The maximum Gasteiger partial charge on any atom is 0.191 e. The summed E-state index contributed by atoms with van der Waals surface area (Å²) in [6.07, 6.45) is 3.44. The van der Waals surface area contributed by atoms with Gasteiger partial charge in [0, 0.05) is 57.7 Å². The largest absolute Gasteiger partial charge is 0.382 e. The molecule has 0 saturated carbocycles. The summed E-state index contributed by atoms with van der Waals surface area (Å²) in [6.45, 7) is 9.40. The normalized spacial score (nSPS) is 25.8. The van der Waals surface area contributed by atoms with Crippen LogP contribution in [0, 0.1) is 0 Å². The molecule has 2 fully saturated rings. The number of aliphatic imine (C=N–C) groups is 1. The zero-order chi connectivity index (χ0) is 17.1. The first kappa shape index (κ1) is 19.8. The SMILES string of the molecule is CCOCCCCNC(=NC)NCC1(N2CCOCC2)CCSC1. The van der Waals surface area contributed by atoms with Gasteiger partial charge in [0.05, 0.1) is 13.2 Å². The lowest BCUT2D eigenvalue weighted by Crippen LogP contribution is -2.60. The van der Waals surface area contributed by atoms with E-state index >= 15 is 0 Å².